The van der Waals surface area contributed by atoms with Crippen molar-refractivity contribution >= 4 is 23.5 Å². The molecule has 4 rings (SSSR count). The van der Waals surface area contributed by atoms with Gasteiger partial charge in [-0.05, 0) is 60.7 Å². The Morgan fingerprint density at radius 1 is 0.929 bits per heavy atom. The molecule has 0 bridgehead atoms. The standard InChI is InChI=1S/C23H18ClN3O/c1-28-22-13-7-17(8-14-22)23-18(15-25-20-5-3-2-4-6-20)16-27(26-23)21-11-9-19(24)10-12-21/h2-16H,1H3. The SMILES string of the molecule is COc1ccc(-c2nn(-c3ccc(Cl)cc3)cc2C=Nc2ccccc2)cc1. The first kappa shape index (κ1) is 18.0. The van der Waals surface area contributed by atoms with Gasteiger partial charge in [0.25, 0.3) is 0 Å². The number of halogens is 1. The summed E-state index contributed by atoms with van der Waals surface area (Å²) in [5.74, 6) is 0.806. The van der Waals surface area contributed by atoms with Gasteiger partial charge in [-0.1, -0.05) is 29.8 Å². The van der Waals surface area contributed by atoms with E-state index >= 15 is 0 Å². The van der Waals surface area contributed by atoms with E-state index in [0.29, 0.717) is 5.02 Å². The Morgan fingerprint density at radius 3 is 2.32 bits per heavy atom. The minimum Gasteiger partial charge on any atom is -0.497 e. The van der Waals surface area contributed by atoms with Crippen LogP contribution < -0.4 is 4.74 Å². The largest absolute Gasteiger partial charge is 0.497 e. The van der Waals surface area contributed by atoms with Crippen molar-refractivity contribution in [1.29, 1.82) is 0 Å². The second kappa shape index (κ2) is 8.11. The van der Waals surface area contributed by atoms with Crippen LogP contribution in [-0.4, -0.2) is 23.1 Å². The fraction of sp³-hybridized carbons (Fsp3) is 0.0435. The van der Waals surface area contributed by atoms with E-state index in [9.17, 15) is 0 Å². The Morgan fingerprint density at radius 2 is 1.64 bits per heavy atom. The third kappa shape index (κ3) is 3.97. The molecule has 1 aromatic heterocycles. The lowest BCUT2D eigenvalue weighted by Gasteiger charge is -2.03. The number of aliphatic imine (C=N–C) groups is 1. The van der Waals surface area contributed by atoms with E-state index < -0.39 is 0 Å². The molecular weight excluding hydrogens is 370 g/mol. The lowest BCUT2D eigenvalue weighted by atomic mass is 10.1. The first-order valence-corrected chi connectivity index (χ1v) is 9.20. The lowest BCUT2D eigenvalue weighted by Crippen LogP contribution is -1.94. The molecule has 0 N–H and O–H groups in total. The van der Waals surface area contributed by atoms with Gasteiger partial charge in [0.05, 0.1) is 18.5 Å². The number of rotatable bonds is 5. The molecule has 0 saturated carbocycles. The summed E-state index contributed by atoms with van der Waals surface area (Å²) in [6.07, 6.45) is 3.81. The van der Waals surface area contributed by atoms with E-state index in [4.69, 9.17) is 21.4 Å². The fourth-order valence-electron chi connectivity index (χ4n) is 2.84. The molecule has 0 amide bonds. The number of aromatic nitrogens is 2. The van der Waals surface area contributed by atoms with Crippen LogP contribution >= 0.6 is 11.6 Å². The van der Waals surface area contributed by atoms with Crippen molar-refractivity contribution < 1.29 is 4.74 Å². The average molecular weight is 388 g/mol. The molecule has 0 fully saturated rings. The minimum absolute atomic E-state index is 0.692. The highest BCUT2D eigenvalue weighted by Gasteiger charge is 2.11. The van der Waals surface area contributed by atoms with Crippen molar-refractivity contribution in [2.24, 2.45) is 4.99 Å². The summed E-state index contributed by atoms with van der Waals surface area (Å²) >= 11 is 6.01. The summed E-state index contributed by atoms with van der Waals surface area (Å²) in [6, 6.07) is 25.2. The molecule has 4 nitrogen and oxygen atoms in total. The molecule has 0 aliphatic rings. The molecule has 0 radical (unpaired) electrons. The molecule has 0 aliphatic carbocycles. The van der Waals surface area contributed by atoms with Crippen LogP contribution in [0.15, 0.2) is 90.1 Å². The van der Waals surface area contributed by atoms with Gasteiger partial charge in [-0.2, -0.15) is 5.10 Å². The van der Waals surface area contributed by atoms with E-state index in [0.717, 1.165) is 33.9 Å². The second-order valence-corrected chi connectivity index (χ2v) is 6.61. The van der Waals surface area contributed by atoms with Crippen LogP contribution in [-0.2, 0) is 0 Å². The van der Waals surface area contributed by atoms with Crippen molar-refractivity contribution in [2.75, 3.05) is 7.11 Å². The lowest BCUT2D eigenvalue weighted by molar-refractivity contribution is 0.415. The molecule has 138 valence electrons. The number of methoxy groups -OCH3 is 1. The molecule has 28 heavy (non-hydrogen) atoms. The topological polar surface area (TPSA) is 39.4 Å². The Kier molecular flexibility index (Phi) is 5.22. The summed E-state index contributed by atoms with van der Waals surface area (Å²) in [5, 5.41) is 5.48. The van der Waals surface area contributed by atoms with Gasteiger partial charge in [0.15, 0.2) is 0 Å². The third-order valence-corrected chi connectivity index (χ3v) is 4.56. The number of ether oxygens (including phenoxy) is 1. The number of nitrogens with zero attached hydrogens (tertiary/aromatic N) is 3. The van der Waals surface area contributed by atoms with E-state index in [1.807, 2.05) is 96.0 Å². The fourth-order valence-corrected chi connectivity index (χ4v) is 2.97. The monoisotopic (exact) mass is 387 g/mol. The minimum atomic E-state index is 0.692. The quantitative estimate of drug-likeness (QED) is 0.397. The highest BCUT2D eigenvalue weighted by Crippen LogP contribution is 2.26. The van der Waals surface area contributed by atoms with Gasteiger partial charge >= 0.3 is 0 Å². The van der Waals surface area contributed by atoms with Crippen LogP contribution in [0.25, 0.3) is 16.9 Å². The van der Waals surface area contributed by atoms with Gasteiger partial charge in [-0.15, -0.1) is 0 Å². The first-order valence-electron chi connectivity index (χ1n) is 8.82. The summed E-state index contributed by atoms with van der Waals surface area (Å²) in [6.45, 7) is 0. The molecular formula is C23H18ClN3O. The zero-order valence-electron chi connectivity index (χ0n) is 15.3. The summed E-state index contributed by atoms with van der Waals surface area (Å²) in [4.78, 5) is 4.59. The highest BCUT2D eigenvalue weighted by atomic mass is 35.5. The zero-order chi connectivity index (χ0) is 19.3. The van der Waals surface area contributed by atoms with Gasteiger partial charge in [0.1, 0.15) is 11.4 Å². The van der Waals surface area contributed by atoms with Gasteiger partial charge < -0.3 is 4.74 Å². The number of hydrogen-bond acceptors (Lipinski definition) is 3. The maximum absolute atomic E-state index is 6.01. The smallest absolute Gasteiger partial charge is 0.118 e. The van der Waals surface area contributed by atoms with Crippen molar-refractivity contribution in [3.05, 3.63) is 95.6 Å². The predicted octanol–water partition coefficient (Wildman–Crippen LogP) is 5.95. The van der Waals surface area contributed by atoms with E-state index in [-0.39, 0.29) is 0 Å². The van der Waals surface area contributed by atoms with Crippen LogP contribution in [0.3, 0.4) is 0 Å². The Hall–Kier alpha value is -3.37. The van der Waals surface area contributed by atoms with Crippen LogP contribution in [0.5, 0.6) is 5.75 Å². The summed E-state index contributed by atoms with van der Waals surface area (Å²) in [7, 11) is 1.65. The van der Waals surface area contributed by atoms with Gasteiger partial charge in [-0.25, -0.2) is 4.68 Å². The normalized spacial score (nSPS) is 11.1. The molecule has 0 unspecified atom stereocenters. The molecule has 4 aromatic rings. The highest BCUT2D eigenvalue weighted by molar-refractivity contribution is 6.30. The second-order valence-electron chi connectivity index (χ2n) is 6.18. The maximum Gasteiger partial charge on any atom is 0.118 e. The van der Waals surface area contributed by atoms with Crippen molar-refractivity contribution in [2.45, 2.75) is 0 Å². The molecule has 3 aromatic carbocycles. The summed E-state index contributed by atoms with van der Waals surface area (Å²) < 4.78 is 7.10. The molecule has 0 atom stereocenters. The van der Waals surface area contributed by atoms with E-state index in [1.165, 1.54) is 0 Å². The Balaban J connectivity index is 1.77. The maximum atomic E-state index is 6.01. The molecule has 1 heterocycles. The molecule has 5 heteroatoms. The average Bonchev–Trinajstić information content (AvgIpc) is 3.18. The summed E-state index contributed by atoms with van der Waals surface area (Å²) in [5.41, 5.74) is 4.57. The Bertz CT molecular complexity index is 1090. The predicted molar refractivity (Wildman–Crippen MR) is 114 cm³/mol. The van der Waals surface area contributed by atoms with Gasteiger partial charge in [0, 0.05) is 28.6 Å². The number of hydrogen-bond donors (Lipinski definition) is 0. The van der Waals surface area contributed by atoms with Gasteiger partial charge in [-0.3, -0.25) is 4.99 Å². The van der Waals surface area contributed by atoms with Crippen LogP contribution in [0.2, 0.25) is 5.02 Å². The number of benzene rings is 3. The van der Waals surface area contributed by atoms with Crippen LogP contribution in [0.4, 0.5) is 5.69 Å². The van der Waals surface area contributed by atoms with Crippen LogP contribution in [0.1, 0.15) is 5.56 Å². The van der Waals surface area contributed by atoms with Crippen molar-refractivity contribution in [1.82, 2.24) is 9.78 Å². The zero-order valence-corrected chi connectivity index (χ0v) is 16.0. The van der Waals surface area contributed by atoms with E-state index in [2.05, 4.69) is 4.99 Å². The van der Waals surface area contributed by atoms with Gasteiger partial charge in [0.2, 0.25) is 0 Å². The Labute approximate surface area is 168 Å². The molecule has 0 saturated heterocycles. The number of para-hydroxylation sites is 1. The molecule has 0 aliphatic heterocycles. The van der Waals surface area contributed by atoms with E-state index in [1.54, 1.807) is 7.11 Å². The first-order chi connectivity index (χ1) is 13.7. The molecule has 0 spiro atoms. The van der Waals surface area contributed by atoms with Crippen molar-refractivity contribution in [3.63, 3.8) is 0 Å². The van der Waals surface area contributed by atoms with Crippen molar-refractivity contribution in [3.8, 4) is 22.7 Å². The third-order valence-electron chi connectivity index (χ3n) is 4.31. The van der Waals surface area contributed by atoms with Crippen LogP contribution in [0, 0.1) is 0 Å².